The summed E-state index contributed by atoms with van der Waals surface area (Å²) in [5, 5.41) is 0. The second-order valence-electron chi connectivity index (χ2n) is 4.30. The molecule has 0 spiro atoms. The van der Waals surface area contributed by atoms with Gasteiger partial charge in [-0.05, 0) is 31.2 Å². The lowest BCUT2D eigenvalue weighted by Gasteiger charge is -2.10. The summed E-state index contributed by atoms with van der Waals surface area (Å²) < 4.78 is 1.80. The Hall–Kier alpha value is -1.25. The molecule has 76 valence electrons. The summed E-state index contributed by atoms with van der Waals surface area (Å²) in [5.74, 6) is 1.44. The number of hydrogen-bond donors (Lipinski definition) is 1. The number of nitrogens with zero attached hydrogens (tertiary/aromatic N) is 1. The second-order valence-corrected chi connectivity index (χ2v) is 4.30. The summed E-state index contributed by atoms with van der Waals surface area (Å²) in [6, 6.07) is 3.24. The highest BCUT2D eigenvalue weighted by Gasteiger charge is 2.33. The first-order chi connectivity index (χ1) is 6.59. The van der Waals surface area contributed by atoms with E-state index < -0.39 is 0 Å². The quantitative estimate of drug-likeness (QED) is 0.769. The van der Waals surface area contributed by atoms with Gasteiger partial charge in [0.25, 0.3) is 5.56 Å². The van der Waals surface area contributed by atoms with Crippen molar-refractivity contribution in [2.45, 2.75) is 26.8 Å². The highest BCUT2D eigenvalue weighted by molar-refractivity contribution is 5.41. The van der Waals surface area contributed by atoms with E-state index in [0.29, 0.717) is 11.6 Å². The largest absolute Gasteiger partial charge is 0.397 e. The lowest BCUT2D eigenvalue weighted by atomic mass is 10.2. The number of anilines is 1. The van der Waals surface area contributed by atoms with Crippen molar-refractivity contribution < 1.29 is 0 Å². The van der Waals surface area contributed by atoms with Gasteiger partial charge in [-0.3, -0.25) is 4.79 Å². The van der Waals surface area contributed by atoms with Crippen molar-refractivity contribution in [3.8, 4) is 0 Å². The van der Waals surface area contributed by atoms with E-state index in [0.717, 1.165) is 18.2 Å². The fourth-order valence-electron chi connectivity index (χ4n) is 1.81. The van der Waals surface area contributed by atoms with Gasteiger partial charge in [-0.1, -0.05) is 6.92 Å². The van der Waals surface area contributed by atoms with Gasteiger partial charge in [0.2, 0.25) is 0 Å². The standard InChI is InChI=1S/C11H16N2O/c1-7-5-9(7)6-13-8(2)10(12)3-4-11(13)14/h3-4,7,9H,5-6,12H2,1-2H3. The SMILES string of the molecule is Cc1c(N)ccc(=O)n1CC1CC1C. The predicted octanol–water partition coefficient (Wildman–Crippen LogP) is 1.39. The van der Waals surface area contributed by atoms with Crippen LogP contribution in [0, 0.1) is 18.8 Å². The molecule has 0 radical (unpaired) electrons. The van der Waals surface area contributed by atoms with Gasteiger partial charge in [0.05, 0.1) is 5.69 Å². The molecule has 1 aliphatic carbocycles. The molecule has 2 atom stereocenters. The average Bonchev–Trinajstić information content (AvgIpc) is 2.83. The normalized spacial score (nSPS) is 25.0. The van der Waals surface area contributed by atoms with Crippen LogP contribution in [0.3, 0.4) is 0 Å². The third-order valence-electron chi connectivity index (χ3n) is 3.19. The molecule has 1 aliphatic rings. The van der Waals surface area contributed by atoms with Crippen molar-refractivity contribution in [2.24, 2.45) is 11.8 Å². The van der Waals surface area contributed by atoms with Crippen LogP contribution in [-0.2, 0) is 6.54 Å². The zero-order valence-corrected chi connectivity index (χ0v) is 8.66. The van der Waals surface area contributed by atoms with Gasteiger partial charge in [0.1, 0.15) is 0 Å². The molecule has 0 aliphatic heterocycles. The van der Waals surface area contributed by atoms with Crippen LogP contribution in [0.2, 0.25) is 0 Å². The molecule has 1 saturated carbocycles. The van der Waals surface area contributed by atoms with Gasteiger partial charge >= 0.3 is 0 Å². The average molecular weight is 192 g/mol. The van der Waals surface area contributed by atoms with Crippen molar-refractivity contribution in [2.75, 3.05) is 5.73 Å². The van der Waals surface area contributed by atoms with Crippen LogP contribution in [0.1, 0.15) is 19.0 Å². The van der Waals surface area contributed by atoms with Gasteiger partial charge in [-0.2, -0.15) is 0 Å². The highest BCUT2D eigenvalue weighted by Crippen LogP contribution is 2.38. The van der Waals surface area contributed by atoms with Crippen LogP contribution in [0.15, 0.2) is 16.9 Å². The Morgan fingerprint density at radius 3 is 2.79 bits per heavy atom. The first-order valence-electron chi connectivity index (χ1n) is 5.05. The molecular formula is C11H16N2O. The Morgan fingerprint density at radius 1 is 1.57 bits per heavy atom. The van der Waals surface area contributed by atoms with Gasteiger partial charge in [0.15, 0.2) is 0 Å². The van der Waals surface area contributed by atoms with Crippen LogP contribution in [0.5, 0.6) is 0 Å². The van der Waals surface area contributed by atoms with Crippen molar-refractivity contribution >= 4 is 5.69 Å². The Kier molecular flexibility index (Phi) is 2.10. The van der Waals surface area contributed by atoms with Gasteiger partial charge < -0.3 is 10.3 Å². The summed E-state index contributed by atoms with van der Waals surface area (Å²) in [4.78, 5) is 11.6. The van der Waals surface area contributed by atoms with E-state index in [1.54, 1.807) is 16.7 Å². The number of hydrogen-bond acceptors (Lipinski definition) is 2. The molecule has 2 N–H and O–H groups in total. The van der Waals surface area contributed by atoms with E-state index in [4.69, 9.17) is 5.73 Å². The minimum atomic E-state index is 0.0656. The molecule has 1 fully saturated rings. The highest BCUT2D eigenvalue weighted by atomic mass is 16.1. The molecule has 0 aromatic carbocycles. The third-order valence-corrected chi connectivity index (χ3v) is 3.19. The second kappa shape index (κ2) is 3.15. The Labute approximate surface area is 83.5 Å². The Bertz CT molecular complexity index is 408. The molecule has 1 aromatic heterocycles. The fourth-order valence-corrected chi connectivity index (χ4v) is 1.81. The van der Waals surface area contributed by atoms with E-state index >= 15 is 0 Å². The van der Waals surface area contributed by atoms with Gasteiger partial charge in [-0.15, -0.1) is 0 Å². The third kappa shape index (κ3) is 1.54. The number of pyridine rings is 1. The minimum Gasteiger partial charge on any atom is -0.397 e. The summed E-state index contributed by atoms with van der Waals surface area (Å²) in [6.07, 6.45) is 1.24. The number of rotatable bonds is 2. The van der Waals surface area contributed by atoms with Crippen LogP contribution in [0.25, 0.3) is 0 Å². The molecule has 2 rings (SSSR count). The summed E-state index contributed by atoms with van der Waals surface area (Å²) in [5.41, 5.74) is 7.43. The van der Waals surface area contributed by atoms with Crippen LogP contribution >= 0.6 is 0 Å². The molecule has 2 unspecified atom stereocenters. The molecular weight excluding hydrogens is 176 g/mol. The van der Waals surface area contributed by atoms with E-state index in [1.165, 1.54) is 6.42 Å². The van der Waals surface area contributed by atoms with E-state index in [1.807, 2.05) is 6.92 Å². The van der Waals surface area contributed by atoms with Crippen molar-refractivity contribution in [3.05, 3.63) is 28.2 Å². The smallest absolute Gasteiger partial charge is 0.250 e. The van der Waals surface area contributed by atoms with E-state index in [-0.39, 0.29) is 5.56 Å². The maximum atomic E-state index is 11.6. The maximum Gasteiger partial charge on any atom is 0.250 e. The lowest BCUT2D eigenvalue weighted by Crippen LogP contribution is -2.23. The molecule has 1 heterocycles. The van der Waals surface area contributed by atoms with Crippen LogP contribution in [0.4, 0.5) is 5.69 Å². The lowest BCUT2D eigenvalue weighted by molar-refractivity contribution is 0.566. The van der Waals surface area contributed by atoms with Crippen LogP contribution in [-0.4, -0.2) is 4.57 Å². The van der Waals surface area contributed by atoms with E-state index in [9.17, 15) is 4.79 Å². The Balaban J connectivity index is 2.31. The molecule has 0 bridgehead atoms. The van der Waals surface area contributed by atoms with Crippen LogP contribution < -0.4 is 11.3 Å². The first kappa shape index (κ1) is 9.31. The molecule has 3 nitrogen and oxygen atoms in total. The van der Waals surface area contributed by atoms with Gasteiger partial charge in [-0.25, -0.2) is 0 Å². The van der Waals surface area contributed by atoms with Crippen molar-refractivity contribution in [3.63, 3.8) is 0 Å². The molecule has 14 heavy (non-hydrogen) atoms. The maximum absolute atomic E-state index is 11.6. The predicted molar refractivity (Wildman–Crippen MR) is 57.1 cm³/mol. The van der Waals surface area contributed by atoms with Gasteiger partial charge in [0, 0.05) is 18.3 Å². The summed E-state index contributed by atoms with van der Waals surface area (Å²) in [6.45, 7) is 4.96. The first-order valence-corrected chi connectivity index (χ1v) is 5.05. The topological polar surface area (TPSA) is 48.0 Å². The monoisotopic (exact) mass is 192 g/mol. The summed E-state index contributed by atoms with van der Waals surface area (Å²) >= 11 is 0. The van der Waals surface area contributed by atoms with E-state index in [2.05, 4.69) is 6.92 Å². The molecule has 1 aromatic rings. The zero-order chi connectivity index (χ0) is 10.3. The Morgan fingerprint density at radius 2 is 2.21 bits per heavy atom. The molecule has 3 heteroatoms. The number of nitrogens with two attached hydrogens (primary N) is 1. The zero-order valence-electron chi connectivity index (χ0n) is 8.66. The van der Waals surface area contributed by atoms with Crippen molar-refractivity contribution in [1.29, 1.82) is 0 Å². The molecule has 0 saturated heterocycles. The van der Waals surface area contributed by atoms with Crippen molar-refractivity contribution in [1.82, 2.24) is 4.57 Å². The number of aromatic nitrogens is 1. The minimum absolute atomic E-state index is 0.0656. The number of nitrogen functional groups attached to an aromatic ring is 1. The summed E-state index contributed by atoms with van der Waals surface area (Å²) in [7, 11) is 0. The molecule has 0 amide bonds. The fraction of sp³-hybridized carbons (Fsp3) is 0.545.